The molecule has 1 aromatic carbocycles. The maximum atomic E-state index is 4.97. The van der Waals surface area contributed by atoms with Crippen molar-refractivity contribution in [3.63, 3.8) is 0 Å². The van der Waals surface area contributed by atoms with E-state index in [4.69, 9.17) is 9.97 Å². The molecule has 180 valence electrons. The summed E-state index contributed by atoms with van der Waals surface area (Å²) in [5.41, 5.74) is 5.09. The molecule has 0 spiro atoms. The van der Waals surface area contributed by atoms with Gasteiger partial charge in [0, 0.05) is 69.5 Å². The van der Waals surface area contributed by atoms with Crippen molar-refractivity contribution in [3.05, 3.63) is 66.5 Å². The van der Waals surface area contributed by atoms with Crippen LogP contribution in [0, 0.1) is 5.92 Å². The summed E-state index contributed by atoms with van der Waals surface area (Å²) in [5, 5.41) is 3.61. The number of aliphatic imine (C=N–C) groups is 1. The Morgan fingerprint density at radius 1 is 1.32 bits per heavy atom. The van der Waals surface area contributed by atoms with E-state index in [9.17, 15) is 0 Å². The summed E-state index contributed by atoms with van der Waals surface area (Å²) >= 11 is 0. The first kappa shape index (κ1) is 25.4. The van der Waals surface area contributed by atoms with Crippen LogP contribution in [0.2, 0.25) is 0 Å². The normalized spacial score (nSPS) is 17.4. The van der Waals surface area contributed by atoms with Crippen molar-refractivity contribution < 1.29 is 0 Å². The van der Waals surface area contributed by atoms with E-state index in [1.54, 1.807) is 7.05 Å². The second-order valence-corrected chi connectivity index (χ2v) is 9.05. The highest BCUT2D eigenvalue weighted by Gasteiger charge is 2.19. The molecule has 6 heteroatoms. The summed E-state index contributed by atoms with van der Waals surface area (Å²) in [6.07, 6.45) is 12.1. The summed E-state index contributed by atoms with van der Waals surface area (Å²) in [4.78, 5) is 18.3. The Bertz CT molecular complexity index is 1070. The van der Waals surface area contributed by atoms with E-state index in [0.29, 0.717) is 5.82 Å². The summed E-state index contributed by atoms with van der Waals surface area (Å²) in [6.45, 7) is 9.24. The Kier molecular flexibility index (Phi) is 9.16. The number of benzene rings is 1. The summed E-state index contributed by atoms with van der Waals surface area (Å²) in [6, 6.07) is 8.30. The number of anilines is 1. The van der Waals surface area contributed by atoms with Crippen LogP contribution in [0.4, 0.5) is 5.82 Å². The van der Waals surface area contributed by atoms with Gasteiger partial charge in [0.2, 0.25) is 0 Å². The van der Waals surface area contributed by atoms with Gasteiger partial charge in [0.1, 0.15) is 5.82 Å². The van der Waals surface area contributed by atoms with Gasteiger partial charge >= 0.3 is 0 Å². The van der Waals surface area contributed by atoms with Crippen LogP contribution in [0.3, 0.4) is 0 Å². The zero-order chi connectivity index (χ0) is 24.5. The molecule has 6 nitrogen and oxygen atoms in total. The first-order valence-electron chi connectivity index (χ1n) is 11.9. The monoisotopic (exact) mass is 458 g/mol. The number of aromatic nitrogens is 2. The smallest absolute Gasteiger partial charge is 0.161 e. The van der Waals surface area contributed by atoms with E-state index < -0.39 is 0 Å². The molecule has 1 aromatic heterocycles. The molecule has 0 amide bonds. The maximum absolute atomic E-state index is 4.97. The Hall–Kier alpha value is -3.25. The highest BCUT2D eigenvalue weighted by atomic mass is 15.1. The fourth-order valence-corrected chi connectivity index (χ4v) is 4.32. The lowest BCUT2D eigenvalue weighted by Crippen LogP contribution is -2.16. The van der Waals surface area contributed by atoms with Crippen LogP contribution < -0.4 is 5.32 Å². The Morgan fingerprint density at radius 2 is 2.15 bits per heavy atom. The fraction of sp³-hybridized carbons (Fsp3) is 0.393. The molecular weight excluding hydrogens is 420 g/mol. The third-order valence-corrected chi connectivity index (χ3v) is 6.08. The SMILES string of the molecule is C=C/C(=C\N(C)C)c1cccc(-c2ncc(/C(C=NC)=C/C)c(NCCC3CCN(C)C3)n2)c1. The zero-order valence-electron chi connectivity index (χ0n) is 21.3. The maximum Gasteiger partial charge on any atom is 0.161 e. The van der Waals surface area contributed by atoms with Crippen LogP contribution in [-0.4, -0.2) is 73.8 Å². The van der Waals surface area contributed by atoms with Crippen molar-refractivity contribution in [1.82, 2.24) is 19.8 Å². The van der Waals surface area contributed by atoms with Crippen LogP contribution in [0.25, 0.3) is 22.5 Å². The average Bonchev–Trinajstić information content (AvgIpc) is 3.26. The van der Waals surface area contributed by atoms with Gasteiger partial charge in [-0.25, -0.2) is 9.97 Å². The number of hydrogen-bond acceptors (Lipinski definition) is 6. The fourth-order valence-electron chi connectivity index (χ4n) is 4.32. The van der Waals surface area contributed by atoms with Crippen molar-refractivity contribution in [2.75, 3.05) is 53.1 Å². The molecule has 3 rings (SSSR count). The first-order valence-corrected chi connectivity index (χ1v) is 11.9. The highest BCUT2D eigenvalue weighted by Crippen LogP contribution is 2.27. The van der Waals surface area contributed by atoms with Crippen LogP contribution in [0.15, 0.2) is 60.4 Å². The molecular formula is C28H38N6. The Morgan fingerprint density at radius 3 is 2.79 bits per heavy atom. The van der Waals surface area contributed by atoms with Gasteiger partial charge in [0.25, 0.3) is 0 Å². The summed E-state index contributed by atoms with van der Waals surface area (Å²) in [5.74, 6) is 2.28. The minimum atomic E-state index is 0.700. The number of nitrogens with zero attached hydrogens (tertiary/aromatic N) is 5. The molecule has 1 N–H and O–H groups in total. The molecule has 0 saturated carbocycles. The van der Waals surface area contributed by atoms with Gasteiger partial charge in [-0.3, -0.25) is 4.99 Å². The van der Waals surface area contributed by atoms with E-state index in [1.165, 1.54) is 19.5 Å². The molecule has 1 atom stereocenters. The van der Waals surface area contributed by atoms with E-state index in [-0.39, 0.29) is 0 Å². The van der Waals surface area contributed by atoms with Gasteiger partial charge in [0.15, 0.2) is 5.82 Å². The van der Waals surface area contributed by atoms with E-state index in [1.807, 2.05) is 56.5 Å². The largest absolute Gasteiger partial charge is 0.383 e. The molecule has 34 heavy (non-hydrogen) atoms. The molecule has 0 bridgehead atoms. The standard InChI is InChI=1S/C28H38N6/c1-7-22(17-29-3)26-18-31-27(32-28(26)30-14-12-21-13-15-34(6)19-21)25-11-9-10-24(16-25)23(8-2)20-33(4)5/h7-11,16-18,20-21H,2,12-15,19H2,1,3-6H3,(H,30,31,32)/b22-7+,23-20+,29-17?. The minimum Gasteiger partial charge on any atom is -0.383 e. The lowest BCUT2D eigenvalue weighted by molar-refractivity contribution is 0.390. The predicted molar refractivity (Wildman–Crippen MR) is 146 cm³/mol. The number of nitrogens with one attached hydrogen (secondary N) is 1. The van der Waals surface area contributed by atoms with Gasteiger partial charge in [-0.05, 0) is 56.5 Å². The number of rotatable bonds is 10. The van der Waals surface area contributed by atoms with Crippen molar-refractivity contribution in [2.24, 2.45) is 10.9 Å². The zero-order valence-corrected chi connectivity index (χ0v) is 21.3. The van der Waals surface area contributed by atoms with Crippen LogP contribution >= 0.6 is 0 Å². The molecule has 0 aliphatic carbocycles. The van der Waals surface area contributed by atoms with Crippen LogP contribution in [0.5, 0.6) is 0 Å². The van der Waals surface area contributed by atoms with Gasteiger partial charge in [-0.15, -0.1) is 0 Å². The summed E-state index contributed by atoms with van der Waals surface area (Å²) in [7, 11) is 8.00. The molecule has 0 radical (unpaired) electrons. The second kappa shape index (κ2) is 12.3. The molecule has 1 aliphatic rings. The molecule has 1 unspecified atom stereocenters. The molecule has 2 heterocycles. The Labute approximate surface area is 204 Å². The lowest BCUT2D eigenvalue weighted by atomic mass is 10.0. The third kappa shape index (κ3) is 6.64. The lowest BCUT2D eigenvalue weighted by Gasteiger charge is -2.15. The summed E-state index contributed by atoms with van der Waals surface area (Å²) < 4.78 is 0. The highest BCUT2D eigenvalue weighted by molar-refractivity contribution is 6.11. The van der Waals surface area contributed by atoms with Crippen molar-refractivity contribution in [3.8, 4) is 11.4 Å². The van der Waals surface area contributed by atoms with Crippen LogP contribution in [-0.2, 0) is 0 Å². The van der Waals surface area contributed by atoms with E-state index in [0.717, 1.165) is 52.5 Å². The van der Waals surface area contributed by atoms with Crippen LogP contribution in [0.1, 0.15) is 30.9 Å². The van der Waals surface area contributed by atoms with E-state index >= 15 is 0 Å². The number of likely N-dealkylation sites (tertiary alicyclic amines) is 1. The quantitative estimate of drug-likeness (QED) is 0.397. The topological polar surface area (TPSA) is 56.7 Å². The van der Waals surface area contributed by atoms with E-state index in [2.05, 4.69) is 53.2 Å². The van der Waals surface area contributed by atoms with Gasteiger partial charge in [-0.2, -0.15) is 0 Å². The predicted octanol–water partition coefficient (Wildman–Crippen LogP) is 5.09. The van der Waals surface area contributed by atoms with Crippen molar-refractivity contribution in [1.29, 1.82) is 0 Å². The van der Waals surface area contributed by atoms with Gasteiger partial charge in [0.05, 0.1) is 0 Å². The van der Waals surface area contributed by atoms with Crippen molar-refractivity contribution >= 4 is 23.2 Å². The molecule has 1 fully saturated rings. The Balaban J connectivity index is 1.92. The third-order valence-electron chi connectivity index (χ3n) is 6.08. The number of allylic oxidation sites excluding steroid dienone is 4. The van der Waals surface area contributed by atoms with Crippen molar-refractivity contribution in [2.45, 2.75) is 19.8 Å². The molecule has 1 saturated heterocycles. The first-order chi connectivity index (χ1) is 16.4. The average molecular weight is 459 g/mol. The van der Waals surface area contributed by atoms with Gasteiger partial charge < -0.3 is 15.1 Å². The number of hydrogen-bond donors (Lipinski definition) is 1. The molecule has 1 aliphatic heterocycles. The minimum absolute atomic E-state index is 0.700. The molecule has 2 aromatic rings. The van der Waals surface area contributed by atoms with Gasteiger partial charge in [-0.1, -0.05) is 36.9 Å². The second-order valence-electron chi connectivity index (χ2n) is 9.05.